The lowest BCUT2D eigenvalue weighted by Gasteiger charge is -2.23. The second-order valence-electron chi connectivity index (χ2n) is 5.64. The third-order valence-corrected chi connectivity index (χ3v) is 4.16. The van der Waals surface area contributed by atoms with Crippen LogP contribution in [0.4, 0.5) is 0 Å². The van der Waals surface area contributed by atoms with Gasteiger partial charge in [0.1, 0.15) is 18.8 Å². The Bertz CT molecular complexity index is 616. The fourth-order valence-corrected chi connectivity index (χ4v) is 2.89. The normalized spacial score (nSPS) is 19.2. The van der Waals surface area contributed by atoms with Crippen molar-refractivity contribution < 1.29 is 19.5 Å². The SMILES string of the molecule is O=C1C(C=NCCC[NH+]2CCOCC2)=C(O)c2ccccc21. The lowest BCUT2D eigenvalue weighted by molar-refractivity contribution is -0.908. The molecule has 1 aliphatic carbocycles. The van der Waals surface area contributed by atoms with E-state index in [1.54, 1.807) is 23.1 Å². The maximum atomic E-state index is 12.2. The summed E-state index contributed by atoms with van der Waals surface area (Å²) in [4.78, 5) is 18.1. The van der Waals surface area contributed by atoms with E-state index in [1.807, 2.05) is 6.07 Å². The fraction of sp³-hybridized carbons (Fsp3) is 0.412. The zero-order chi connectivity index (χ0) is 15.4. The number of aliphatic hydroxyl groups is 1. The van der Waals surface area contributed by atoms with Gasteiger partial charge in [-0.3, -0.25) is 9.79 Å². The zero-order valence-corrected chi connectivity index (χ0v) is 12.5. The van der Waals surface area contributed by atoms with Crippen LogP contribution in [0.25, 0.3) is 5.76 Å². The van der Waals surface area contributed by atoms with Gasteiger partial charge in [0.15, 0.2) is 5.78 Å². The molecule has 5 heteroatoms. The van der Waals surface area contributed by atoms with Crippen molar-refractivity contribution in [1.29, 1.82) is 0 Å². The number of ketones is 1. The fourth-order valence-electron chi connectivity index (χ4n) is 2.89. The Kier molecular flexibility index (Phi) is 4.65. The number of carbonyl (C=O) groups excluding carboxylic acids is 1. The predicted octanol–water partition coefficient (Wildman–Crippen LogP) is 0.528. The highest BCUT2D eigenvalue weighted by molar-refractivity contribution is 6.30. The van der Waals surface area contributed by atoms with E-state index in [4.69, 9.17) is 4.74 Å². The number of carbonyl (C=O) groups is 1. The molecule has 0 saturated carbocycles. The van der Waals surface area contributed by atoms with Crippen LogP contribution in [-0.2, 0) is 4.74 Å². The van der Waals surface area contributed by atoms with E-state index >= 15 is 0 Å². The van der Waals surface area contributed by atoms with E-state index < -0.39 is 0 Å². The monoisotopic (exact) mass is 301 g/mol. The van der Waals surface area contributed by atoms with Crippen LogP contribution in [0.3, 0.4) is 0 Å². The summed E-state index contributed by atoms with van der Waals surface area (Å²) < 4.78 is 5.33. The highest BCUT2D eigenvalue weighted by atomic mass is 16.5. The van der Waals surface area contributed by atoms with Gasteiger partial charge >= 0.3 is 0 Å². The number of nitrogens with zero attached hydrogens (tertiary/aromatic N) is 1. The molecular weight excluding hydrogens is 280 g/mol. The summed E-state index contributed by atoms with van der Waals surface area (Å²) in [6.07, 6.45) is 2.49. The molecule has 0 bridgehead atoms. The van der Waals surface area contributed by atoms with Crippen LogP contribution in [0, 0.1) is 0 Å². The molecule has 1 aromatic carbocycles. The average molecular weight is 301 g/mol. The predicted molar refractivity (Wildman–Crippen MR) is 84.7 cm³/mol. The van der Waals surface area contributed by atoms with E-state index in [9.17, 15) is 9.90 Å². The summed E-state index contributed by atoms with van der Waals surface area (Å²) >= 11 is 0. The van der Waals surface area contributed by atoms with Crippen molar-refractivity contribution in [3.63, 3.8) is 0 Å². The summed E-state index contributed by atoms with van der Waals surface area (Å²) in [6.45, 7) is 5.54. The molecule has 22 heavy (non-hydrogen) atoms. The third kappa shape index (κ3) is 3.10. The van der Waals surface area contributed by atoms with Gasteiger partial charge in [0.2, 0.25) is 0 Å². The topological polar surface area (TPSA) is 63.3 Å². The van der Waals surface area contributed by atoms with Crippen molar-refractivity contribution >= 4 is 17.8 Å². The number of quaternary nitrogens is 1. The van der Waals surface area contributed by atoms with Gasteiger partial charge in [0, 0.05) is 30.3 Å². The Morgan fingerprint density at radius 1 is 1.23 bits per heavy atom. The number of fused-ring (bicyclic) bond motifs is 1. The highest BCUT2D eigenvalue weighted by Gasteiger charge is 2.27. The van der Waals surface area contributed by atoms with Gasteiger partial charge in [-0.25, -0.2) is 0 Å². The molecule has 0 unspecified atom stereocenters. The molecule has 0 spiro atoms. The molecule has 2 aliphatic rings. The summed E-state index contributed by atoms with van der Waals surface area (Å²) in [7, 11) is 0. The van der Waals surface area contributed by atoms with Crippen LogP contribution in [0.2, 0.25) is 0 Å². The number of morpholine rings is 1. The number of allylic oxidation sites excluding steroid dienone is 1. The molecule has 1 aliphatic heterocycles. The molecule has 1 fully saturated rings. The van der Waals surface area contributed by atoms with Gasteiger partial charge in [-0.2, -0.15) is 0 Å². The maximum absolute atomic E-state index is 12.2. The minimum Gasteiger partial charge on any atom is -0.506 e. The Labute approximate surface area is 129 Å². The van der Waals surface area contributed by atoms with Crippen molar-refractivity contribution in [2.24, 2.45) is 4.99 Å². The Morgan fingerprint density at radius 3 is 2.68 bits per heavy atom. The number of rotatable bonds is 5. The molecular formula is C17H21N2O3+. The molecule has 1 saturated heterocycles. The molecule has 3 rings (SSSR count). The second-order valence-corrected chi connectivity index (χ2v) is 5.64. The molecule has 116 valence electrons. The quantitative estimate of drug-likeness (QED) is 0.616. The minimum absolute atomic E-state index is 0.0446. The van der Waals surface area contributed by atoms with E-state index in [1.165, 1.54) is 6.21 Å². The van der Waals surface area contributed by atoms with Gasteiger partial charge in [-0.15, -0.1) is 0 Å². The largest absolute Gasteiger partial charge is 0.506 e. The van der Waals surface area contributed by atoms with Crippen LogP contribution in [0.1, 0.15) is 22.3 Å². The van der Waals surface area contributed by atoms with E-state index in [0.29, 0.717) is 23.2 Å². The van der Waals surface area contributed by atoms with Gasteiger partial charge in [0.25, 0.3) is 0 Å². The lowest BCUT2D eigenvalue weighted by atomic mass is 10.1. The summed E-state index contributed by atoms with van der Waals surface area (Å²) in [5.41, 5.74) is 1.46. The number of hydrogen-bond acceptors (Lipinski definition) is 4. The van der Waals surface area contributed by atoms with Crippen LogP contribution < -0.4 is 4.90 Å². The van der Waals surface area contributed by atoms with Gasteiger partial charge in [0.05, 0.1) is 25.3 Å². The van der Waals surface area contributed by atoms with Crippen molar-refractivity contribution in [3.8, 4) is 0 Å². The first-order valence-corrected chi connectivity index (χ1v) is 7.76. The van der Waals surface area contributed by atoms with Crippen molar-refractivity contribution in [1.82, 2.24) is 0 Å². The summed E-state index contributed by atoms with van der Waals surface area (Å²) in [5.74, 6) is -0.0983. The molecule has 0 atom stereocenters. The smallest absolute Gasteiger partial charge is 0.199 e. The maximum Gasteiger partial charge on any atom is 0.199 e. The molecule has 1 heterocycles. The van der Waals surface area contributed by atoms with Crippen molar-refractivity contribution in [2.75, 3.05) is 39.4 Å². The molecule has 2 N–H and O–H groups in total. The first kappa shape index (κ1) is 14.9. The highest BCUT2D eigenvalue weighted by Crippen LogP contribution is 2.29. The Balaban J connectivity index is 1.53. The second kappa shape index (κ2) is 6.85. The summed E-state index contributed by atoms with van der Waals surface area (Å²) in [6, 6.07) is 7.10. The minimum atomic E-state index is -0.143. The molecule has 5 nitrogen and oxygen atoms in total. The van der Waals surface area contributed by atoms with Crippen LogP contribution in [0.15, 0.2) is 34.8 Å². The molecule has 1 aromatic rings. The number of aliphatic hydroxyl groups excluding tert-OH is 1. The average Bonchev–Trinajstić information content (AvgIpc) is 2.81. The van der Waals surface area contributed by atoms with E-state index in [0.717, 1.165) is 39.3 Å². The number of nitrogens with one attached hydrogen (secondary N) is 1. The van der Waals surface area contributed by atoms with Crippen molar-refractivity contribution in [3.05, 3.63) is 41.0 Å². The number of Topliss-reactive ketones (excluding diaryl/α,β-unsaturated/α-hetero) is 1. The zero-order valence-electron chi connectivity index (χ0n) is 12.5. The standard InChI is InChI=1S/C17H20N2O3/c20-16-13-4-1-2-5-14(13)17(21)15(16)12-18-6-3-7-19-8-10-22-11-9-19/h1-2,4-5,12,20H,3,6-11H2/p+1. The van der Waals surface area contributed by atoms with Crippen molar-refractivity contribution in [2.45, 2.75) is 6.42 Å². The number of ether oxygens (including phenoxy) is 1. The molecule has 0 amide bonds. The number of hydrogen-bond donors (Lipinski definition) is 2. The Morgan fingerprint density at radius 2 is 1.95 bits per heavy atom. The van der Waals surface area contributed by atoms with Crippen LogP contribution in [0.5, 0.6) is 0 Å². The van der Waals surface area contributed by atoms with Gasteiger partial charge in [-0.05, 0) is 0 Å². The Hall–Kier alpha value is -1.98. The number of benzene rings is 1. The van der Waals surface area contributed by atoms with Crippen LogP contribution in [-0.4, -0.2) is 56.5 Å². The molecule has 0 aromatic heterocycles. The lowest BCUT2D eigenvalue weighted by Crippen LogP contribution is -3.14. The van der Waals surface area contributed by atoms with Crippen LogP contribution >= 0.6 is 0 Å². The number of aliphatic imine (C=N–C) groups is 1. The van der Waals surface area contributed by atoms with E-state index in [2.05, 4.69) is 4.99 Å². The molecule has 0 radical (unpaired) electrons. The first-order chi connectivity index (χ1) is 10.8. The van der Waals surface area contributed by atoms with Gasteiger partial charge < -0.3 is 14.7 Å². The van der Waals surface area contributed by atoms with Gasteiger partial charge in [-0.1, -0.05) is 24.3 Å². The third-order valence-electron chi connectivity index (χ3n) is 4.16. The first-order valence-electron chi connectivity index (χ1n) is 7.76. The summed E-state index contributed by atoms with van der Waals surface area (Å²) in [5, 5.41) is 10.1. The van der Waals surface area contributed by atoms with E-state index in [-0.39, 0.29) is 11.5 Å².